The van der Waals surface area contributed by atoms with Crippen LogP contribution in [0.5, 0.6) is 0 Å². The van der Waals surface area contributed by atoms with Crippen LogP contribution < -0.4 is 15.5 Å². The fraction of sp³-hybridized carbons (Fsp3) is 0.444. The molecule has 2 aliphatic heterocycles. The number of pyridine rings is 2. The number of fused-ring (bicyclic) bond motifs is 1. The Morgan fingerprint density at radius 2 is 2.21 bits per heavy atom. The maximum Gasteiger partial charge on any atom is 0.328 e. The summed E-state index contributed by atoms with van der Waals surface area (Å²) < 4.78 is 10.9. The van der Waals surface area contributed by atoms with Gasteiger partial charge in [-0.25, -0.2) is 19.6 Å². The fourth-order valence-electron chi connectivity index (χ4n) is 4.90. The number of hydrogen-bond donors (Lipinski definition) is 2. The Kier molecular flexibility index (Phi) is 7.56. The van der Waals surface area contributed by atoms with Gasteiger partial charge in [0.1, 0.15) is 35.0 Å². The second-order valence-electron chi connectivity index (χ2n) is 9.84. The molecule has 1 saturated heterocycles. The Labute approximate surface area is 225 Å². The number of anilines is 3. The van der Waals surface area contributed by atoms with Gasteiger partial charge in [-0.05, 0) is 37.3 Å². The number of ether oxygens (including phenoxy) is 2. The molecule has 3 aliphatic rings. The predicted molar refractivity (Wildman–Crippen MR) is 141 cm³/mol. The summed E-state index contributed by atoms with van der Waals surface area (Å²) >= 11 is 0. The molecular weight excluding hydrogens is 502 g/mol. The van der Waals surface area contributed by atoms with Crippen LogP contribution in [0.25, 0.3) is 0 Å². The maximum atomic E-state index is 13.3. The van der Waals surface area contributed by atoms with E-state index in [1.54, 1.807) is 13.2 Å². The van der Waals surface area contributed by atoms with E-state index in [9.17, 15) is 19.6 Å². The lowest BCUT2D eigenvalue weighted by molar-refractivity contribution is -0.0199. The van der Waals surface area contributed by atoms with Crippen LogP contribution in [0.15, 0.2) is 24.0 Å². The van der Waals surface area contributed by atoms with Gasteiger partial charge in [-0.2, -0.15) is 5.26 Å². The highest BCUT2D eigenvalue weighted by Crippen LogP contribution is 2.44. The first-order valence-corrected chi connectivity index (χ1v) is 12.8. The Morgan fingerprint density at radius 1 is 1.36 bits per heavy atom. The summed E-state index contributed by atoms with van der Waals surface area (Å²) in [6.45, 7) is 2.47. The second-order valence-corrected chi connectivity index (χ2v) is 9.84. The van der Waals surface area contributed by atoms with Gasteiger partial charge in [-0.1, -0.05) is 0 Å². The number of aromatic nitrogens is 2. The van der Waals surface area contributed by atoms with Crippen LogP contribution in [0.1, 0.15) is 46.4 Å². The molecule has 39 heavy (non-hydrogen) atoms. The molecule has 202 valence electrons. The molecule has 0 aromatic carbocycles. The molecule has 0 atom stereocenters. The zero-order valence-corrected chi connectivity index (χ0v) is 21.7. The maximum absolute atomic E-state index is 13.3. The molecule has 2 N–H and O–H groups in total. The van der Waals surface area contributed by atoms with Crippen LogP contribution >= 0.6 is 0 Å². The first kappa shape index (κ1) is 26.3. The lowest BCUT2D eigenvalue weighted by atomic mass is 10.0. The normalized spacial score (nSPS) is 17.2. The molecule has 12 heteroatoms. The van der Waals surface area contributed by atoms with Gasteiger partial charge in [0.2, 0.25) is 0 Å². The van der Waals surface area contributed by atoms with E-state index in [2.05, 4.69) is 26.7 Å². The van der Waals surface area contributed by atoms with E-state index in [4.69, 9.17) is 9.47 Å². The minimum Gasteiger partial charge on any atom is -0.383 e. The minimum absolute atomic E-state index is 0.208. The van der Waals surface area contributed by atoms with Crippen molar-refractivity contribution in [1.29, 1.82) is 5.26 Å². The van der Waals surface area contributed by atoms with Crippen molar-refractivity contribution >= 4 is 35.6 Å². The number of urea groups is 1. The van der Waals surface area contributed by atoms with E-state index < -0.39 is 6.03 Å². The van der Waals surface area contributed by atoms with E-state index in [0.29, 0.717) is 80.2 Å². The van der Waals surface area contributed by atoms with Gasteiger partial charge in [0.05, 0.1) is 30.1 Å². The van der Waals surface area contributed by atoms with Crippen LogP contribution in [0.3, 0.4) is 0 Å². The van der Waals surface area contributed by atoms with Gasteiger partial charge in [-0.15, -0.1) is 0 Å². The smallest absolute Gasteiger partial charge is 0.328 e. The Morgan fingerprint density at radius 3 is 2.92 bits per heavy atom. The van der Waals surface area contributed by atoms with Crippen molar-refractivity contribution in [3.05, 3.63) is 46.4 Å². The summed E-state index contributed by atoms with van der Waals surface area (Å²) in [7, 11) is 1.58. The highest BCUT2D eigenvalue weighted by atomic mass is 16.5. The van der Waals surface area contributed by atoms with Gasteiger partial charge in [0.15, 0.2) is 6.29 Å². The number of nitrogens with one attached hydrogen (secondary N) is 2. The first-order valence-electron chi connectivity index (χ1n) is 12.8. The number of hydrogen-bond acceptors (Lipinski definition) is 10. The SMILES string of the molecule is COCCNc1cc(NC(=O)N2CCCc3cc(CN4CC5(CC5)OCC4=C=O)c(C=O)nc32)ncc1C#N. The van der Waals surface area contributed by atoms with Gasteiger partial charge in [0, 0.05) is 51.1 Å². The van der Waals surface area contributed by atoms with Crippen LogP contribution in [0.4, 0.5) is 22.1 Å². The summed E-state index contributed by atoms with van der Waals surface area (Å²) in [5, 5.41) is 15.3. The number of morpholine rings is 1. The van der Waals surface area contributed by atoms with Crippen LogP contribution in [0.2, 0.25) is 0 Å². The molecule has 1 saturated carbocycles. The molecule has 2 aromatic heterocycles. The number of methoxy groups -OCH3 is 1. The Bertz CT molecular complexity index is 1380. The topological polar surface area (TPSA) is 150 Å². The lowest BCUT2D eigenvalue weighted by Crippen LogP contribution is -2.42. The van der Waals surface area contributed by atoms with E-state index in [1.165, 1.54) is 11.1 Å². The minimum atomic E-state index is -0.442. The summed E-state index contributed by atoms with van der Waals surface area (Å²) in [5.74, 6) is 2.66. The largest absolute Gasteiger partial charge is 0.383 e. The third-order valence-electron chi connectivity index (χ3n) is 7.17. The molecule has 5 rings (SSSR count). The van der Waals surface area contributed by atoms with Gasteiger partial charge in [-0.3, -0.25) is 15.0 Å². The van der Waals surface area contributed by atoms with E-state index in [1.807, 2.05) is 16.9 Å². The standard InChI is InChI=1S/C27H29N7O5/c1-38-8-6-29-22-10-24(30-12-20(22)11-28)32-26(37)34-7-2-3-18-9-19(23(15-36)31-25(18)34)13-33-17-27(4-5-27)39-16-21(33)14-35/h9-10,12,15H,2-8,13,16-17H2,1H3,(H2,29,30,32,37). The number of rotatable bonds is 8. The quantitative estimate of drug-likeness (QED) is 0.295. The van der Waals surface area contributed by atoms with Crippen molar-refractivity contribution < 1.29 is 23.9 Å². The Hall–Kier alpha value is -4.30. The van der Waals surface area contributed by atoms with Gasteiger partial charge >= 0.3 is 6.03 Å². The van der Waals surface area contributed by atoms with Crippen molar-refractivity contribution in [1.82, 2.24) is 14.9 Å². The van der Waals surface area contributed by atoms with Crippen LogP contribution in [-0.4, -0.2) is 78.7 Å². The van der Waals surface area contributed by atoms with Crippen molar-refractivity contribution in [3.63, 3.8) is 0 Å². The number of aryl methyl sites for hydroxylation is 1. The highest BCUT2D eigenvalue weighted by Gasteiger charge is 2.48. The molecule has 2 amide bonds. The molecule has 2 aromatic rings. The fourth-order valence-corrected chi connectivity index (χ4v) is 4.90. The third-order valence-corrected chi connectivity index (χ3v) is 7.17. The predicted octanol–water partition coefficient (Wildman–Crippen LogP) is 2.28. The second kappa shape index (κ2) is 11.2. The molecule has 12 nitrogen and oxygen atoms in total. The molecule has 1 aliphatic carbocycles. The third kappa shape index (κ3) is 5.61. The van der Waals surface area contributed by atoms with E-state index >= 15 is 0 Å². The lowest BCUT2D eigenvalue weighted by Gasteiger charge is -2.35. The van der Waals surface area contributed by atoms with Crippen LogP contribution in [-0.2, 0) is 27.2 Å². The number of amides is 2. The number of nitrogens with zero attached hydrogens (tertiary/aromatic N) is 5. The number of carbonyl (C=O) groups excluding carboxylic acids is 3. The number of nitriles is 1. The monoisotopic (exact) mass is 531 g/mol. The van der Waals surface area contributed by atoms with Crippen molar-refractivity contribution in [2.45, 2.75) is 37.8 Å². The molecule has 0 unspecified atom stereocenters. The first-order chi connectivity index (χ1) is 19.0. The average Bonchev–Trinajstić information content (AvgIpc) is 3.71. The van der Waals surface area contributed by atoms with E-state index in [-0.39, 0.29) is 23.7 Å². The molecule has 1 spiro atoms. The molecular formula is C27H29N7O5. The zero-order valence-electron chi connectivity index (χ0n) is 21.7. The summed E-state index contributed by atoms with van der Waals surface area (Å²) in [6, 6.07) is 5.13. The van der Waals surface area contributed by atoms with Crippen molar-refractivity contribution in [3.8, 4) is 6.07 Å². The van der Waals surface area contributed by atoms with Crippen LogP contribution in [0, 0.1) is 11.3 Å². The number of aldehydes is 1. The molecule has 0 radical (unpaired) electrons. The highest BCUT2D eigenvalue weighted by molar-refractivity contribution is 6.01. The molecule has 2 fully saturated rings. The summed E-state index contributed by atoms with van der Waals surface area (Å²) in [6.07, 6.45) is 5.38. The zero-order chi connectivity index (χ0) is 27.4. The Balaban J connectivity index is 1.36. The van der Waals surface area contributed by atoms with Gasteiger partial charge < -0.3 is 19.7 Å². The van der Waals surface area contributed by atoms with Crippen molar-refractivity contribution in [2.24, 2.45) is 0 Å². The average molecular weight is 532 g/mol. The molecule has 4 heterocycles. The summed E-state index contributed by atoms with van der Waals surface area (Å²) in [4.78, 5) is 49.1. The molecule has 0 bridgehead atoms. The summed E-state index contributed by atoms with van der Waals surface area (Å²) in [5.41, 5.74) is 2.85. The number of carbonyl (C=O) groups is 2. The van der Waals surface area contributed by atoms with Crippen molar-refractivity contribution in [2.75, 3.05) is 55.5 Å². The van der Waals surface area contributed by atoms with E-state index in [0.717, 1.165) is 18.4 Å². The van der Waals surface area contributed by atoms with Gasteiger partial charge in [0.25, 0.3) is 0 Å².